The Morgan fingerprint density at radius 2 is 2.57 bits per heavy atom. The lowest BCUT2D eigenvalue weighted by molar-refractivity contribution is -0.112. The van der Waals surface area contributed by atoms with Gasteiger partial charge in [-0.3, -0.25) is 4.79 Å². The third-order valence-electron chi connectivity index (χ3n) is 1.26. The van der Waals surface area contributed by atoms with Gasteiger partial charge < -0.3 is 15.1 Å². The van der Waals surface area contributed by atoms with Crippen molar-refractivity contribution < 1.29 is 9.63 Å². The Morgan fingerprint density at radius 1 is 1.79 bits per heavy atom. The molecule has 0 saturated carbocycles. The Labute approximate surface area is 79.4 Å². The number of rotatable bonds is 4. The number of imidazole rings is 1. The Morgan fingerprint density at radius 3 is 3.07 bits per heavy atom. The van der Waals surface area contributed by atoms with Gasteiger partial charge in [0.05, 0.1) is 6.33 Å². The van der Waals surface area contributed by atoms with E-state index in [-0.39, 0.29) is 6.73 Å². The zero-order valence-corrected chi connectivity index (χ0v) is 7.12. The molecule has 0 unspecified atom stereocenters. The van der Waals surface area contributed by atoms with Gasteiger partial charge in [-0.25, -0.2) is 4.98 Å². The van der Waals surface area contributed by atoms with Gasteiger partial charge in [-0.05, 0) is 0 Å². The van der Waals surface area contributed by atoms with Crippen LogP contribution in [0.2, 0.25) is 0 Å². The number of hydrogen-bond donors (Lipinski definition) is 1. The zero-order valence-electron chi connectivity index (χ0n) is 7.12. The van der Waals surface area contributed by atoms with Gasteiger partial charge in [0, 0.05) is 12.4 Å². The number of primary amides is 1. The van der Waals surface area contributed by atoms with Gasteiger partial charge in [-0.2, -0.15) is 5.26 Å². The van der Waals surface area contributed by atoms with Crippen LogP contribution in [0.3, 0.4) is 0 Å². The van der Waals surface area contributed by atoms with E-state index in [4.69, 9.17) is 11.0 Å². The lowest BCUT2D eigenvalue weighted by Gasteiger charge is -1.98. The summed E-state index contributed by atoms with van der Waals surface area (Å²) in [6, 6.07) is 1.51. The van der Waals surface area contributed by atoms with Crippen LogP contribution in [-0.2, 0) is 16.4 Å². The molecule has 1 rings (SSSR count). The van der Waals surface area contributed by atoms with Gasteiger partial charge in [0.1, 0.15) is 6.07 Å². The highest BCUT2D eigenvalue weighted by atomic mass is 16.6. The fraction of sp³-hybridized carbons (Fsp3) is 0.143. The van der Waals surface area contributed by atoms with Crippen molar-refractivity contribution in [2.75, 3.05) is 0 Å². The van der Waals surface area contributed by atoms with Crippen LogP contribution >= 0.6 is 0 Å². The van der Waals surface area contributed by atoms with E-state index in [9.17, 15) is 4.79 Å². The first kappa shape index (κ1) is 9.73. The zero-order chi connectivity index (χ0) is 10.4. The molecule has 0 spiro atoms. The molecular formula is C7H7N5O2. The molecule has 7 heteroatoms. The van der Waals surface area contributed by atoms with E-state index < -0.39 is 11.6 Å². The predicted molar refractivity (Wildman–Crippen MR) is 45.6 cm³/mol. The molecule has 1 amide bonds. The Bertz CT molecular complexity index is 375. The summed E-state index contributed by atoms with van der Waals surface area (Å²) in [7, 11) is 0. The highest BCUT2D eigenvalue weighted by Gasteiger charge is 2.05. The van der Waals surface area contributed by atoms with Crippen molar-refractivity contribution in [3.05, 3.63) is 18.7 Å². The smallest absolute Gasteiger partial charge is 0.281 e. The number of aromatic nitrogens is 2. The van der Waals surface area contributed by atoms with E-state index >= 15 is 0 Å². The molecule has 0 aliphatic rings. The summed E-state index contributed by atoms with van der Waals surface area (Å²) >= 11 is 0. The molecule has 14 heavy (non-hydrogen) atoms. The fourth-order valence-corrected chi connectivity index (χ4v) is 0.644. The number of oxime groups is 1. The highest BCUT2D eigenvalue weighted by molar-refractivity contribution is 6.44. The molecule has 0 aliphatic heterocycles. The first-order valence-electron chi connectivity index (χ1n) is 3.59. The Kier molecular flexibility index (Phi) is 3.20. The van der Waals surface area contributed by atoms with Gasteiger partial charge in [0.25, 0.3) is 5.91 Å². The molecule has 0 atom stereocenters. The van der Waals surface area contributed by atoms with E-state index in [1.54, 1.807) is 17.0 Å². The second-order valence-electron chi connectivity index (χ2n) is 2.25. The maximum Gasteiger partial charge on any atom is 0.281 e. The summed E-state index contributed by atoms with van der Waals surface area (Å²) in [5, 5.41) is 11.6. The van der Waals surface area contributed by atoms with E-state index in [1.165, 1.54) is 12.4 Å². The molecule has 0 fully saturated rings. The minimum absolute atomic E-state index is 0.0679. The van der Waals surface area contributed by atoms with Crippen LogP contribution in [0.15, 0.2) is 23.9 Å². The average Bonchev–Trinajstić information content (AvgIpc) is 2.64. The molecule has 0 bridgehead atoms. The minimum atomic E-state index is -0.918. The second kappa shape index (κ2) is 4.61. The number of nitriles is 1. The standard InChI is InChI=1S/C7H7N5O2/c8-3-6(7(9)13)11-14-5-12-2-1-10-4-12/h1-2,4H,5H2,(H2,9,13)/b11-6+. The van der Waals surface area contributed by atoms with Crippen molar-refractivity contribution >= 4 is 11.6 Å². The number of nitrogens with zero attached hydrogens (tertiary/aromatic N) is 4. The van der Waals surface area contributed by atoms with Crippen LogP contribution in [0.5, 0.6) is 0 Å². The van der Waals surface area contributed by atoms with Crippen molar-refractivity contribution in [3.8, 4) is 6.07 Å². The van der Waals surface area contributed by atoms with E-state index in [1.807, 2.05) is 0 Å². The number of amides is 1. The van der Waals surface area contributed by atoms with Crippen molar-refractivity contribution in [2.45, 2.75) is 6.73 Å². The van der Waals surface area contributed by atoms with Crippen LogP contribution in [0.4, 0.5) is 0 Å². The first-order valence-corrected chi connectivity index (χ1v) is 3.59. The maximum atomic E-state index is 10.5. The van der Waals surface area contributed by atoms with Gasteiger partial charge in [0.15, 0.2) is 6.73 Å². The molecule has 2 N–H and O–H groups in total. The lowest BCUT2D eigenvalue weighted by atomic mass is 10.4. The van der Waals surface area contributed by atoms with E-state index in [0.29, 0.717) is 0 Å². The average molecular weight is 193 g/mol. The van der Waals surface area contributed by atoms with Crippen LogP contribution in [0.25, 0.3) is 0 Å². The fourth-order valence-electron chi connectivity index (χ4n) is 0.644. The molecule has 0 saturated heterocycles. The minimum Gasteiger partial charge on any atom is -0.372 e. The van der Waals surface area contributed by atoms with Crippen molar-refractivity contribution in [3.63, 3.8) is 0 Å². The Hall–Kier alpha value is -2.36. The largest absolute Gasteiger partial charge is 0.372 e. The molecule has 72 valence electrons. The van der Waals surface area contributed by atoms with E-state index in [0.717, 1.165) is 0 Å². The topological polar surface area (TPSA) is 106 Å². The first-order chi connectivity index (χ1) is 6.74. The molecule has 0 radical (unpaired) electrons. The number of carbonyl (C=O) groups is 1. The number of carbonyl (C=O) groups excluding carboxylic acids is 1. The van der Waals surface area contributed by atoms with Gasteiger partial charge in [0.2, 0.25) is 5.71 Å². The summed E-state index contributed by atoms with van der Waals surface area (Å²) < 4.78 is 1.57. The summed E-state index contributed by atoms with van der Waals surface area (Å²) in [5.41, 5.74) is 4.35. The predicted octanol–water partition coefficient (Wildman–Crippen LogP) is -0.778. The maximum absolute atomic E-state index is 10.5. The normalized spacial score (nSPS) is 10.6. The van der Waals surface area contributed by atoms with Crippen LogP contribution < -0.4 is 5.73 Å². The molecule has 1 aromatic heterocycles. The second-order valence-corrected chi connectivity index (χ2v) is 2.25. The van der Waals surface area contributed by atoms with Gasteiger partial charge >= 0.3 is 0 Å². The van der Waals surface area contributed by atoms with E-state index in [2.05, 4.69) is 15.0 Å². The summed E-state index contributed by atoms with van der Waals surface area (Å²) in [6.45, 7) is 0.0679. The SMILES string of the molecule is N#C/C(=N\OCn1ccnc1)C(N)=O. The lowest BCUT2D eigenvalue weighted by Crippen LogP contribution is -2.22. The van der Waals surface area contributed by atoms with Crippen molar-refractivity contribution in [1.82, 2.24) is 9.55 Å². The van der Waals surface area contributed by atoms with Gasteiger partial charge in [-0.15, -0.1) is 0 Å². The van der Waals surface area contributed by atoms with Gasteiger partial charge in [-0.1, -0.05) is 5.16 Å². The number of nitrogens with two attached hydrogens (primary N) is 1. The molecule has 7 nitrogen and oxygen atoms in total. The third kappa shape index (κ3) is 2.60. The highest BCUT2D eigenvalue weighted by Crippen LogP contribution is 1.88. The third-order valence-corrected chi connectivity index (χ3v) is 1.26. The van der Waals surface area contributed by atoms with Crippen molar-refractivity contribution in [1.29, 1.82) is 5.26 Å². The monoisotopic (exact) mass is 193 g/mol. The summed E-state index contributed by atoms with van der Waals surface area (Å²) in [6.07, 6.45) is 4.71. The molecule has 0 aliphatic carbocycles. The molecule has 1 heterocycles. The van der Waals surface area contributed by atoms with Crippen LogP contribution in [0, 0.1) is 11.3 Å². The molecule has 1 aromatic rings. The van der Waals surface area contributed by atoms with Crippen LogP contribution in [0.1, 0.15) is 0 Å². The van der Waals surface area contributed by atoms with Crippen LogP contribution in [-0.4, -0.2) is 21.2 Å². The molecule has 0 aromatic carbocycles. The molecular weight excluding hydrogens is 186 g/mol. The van der Waals surface area contributed by atoms with Crippen molar-refractivity contribution in [2.24, 2.45) is 10.9 Å². The summed E-state index contributed by atoms with van der Waals surface area (Å²) in [5.74, 6) is -0.918. The Balaban J connectivity index is 2.47. The number of hydrogen-bond acceptors (Lipinski definition) is 5. The quantitative estimate of drug-likeness (QED) is 0.500. The summed E-state index contributed by atoms with van der Waals surface area (Å²) in [4.78, 5) is 18.9.